The van der Waals surface area contributed by atoms with Crippen molar-refractivity contribution < 1.29 is 0 Å². The van der Waals surface area contributed by atoms with E-state index in [2.05, 4.69) is 43.6 Å². The van der Waals surface area contributed by atoms with E-state index >= 15 is 0 Å². The zero-order valence-electron chi connectivity index (χ0n) is 4.72. The highest BCUT2D eigenvalue weighted by atomic mass is 127. The van der Waals surface area contributed by atoms with Crippen LogP contribution >= 0.6 is 38.5 Å². The second-order valence-electron chi connectivity index (χ2n) is 1.61. The molecule has 0 bridgehead atoms. The van der Waals surface area contributed by atoms with E-state index in [0.29, 0.717) is 0 Å². The lowest BCUT2D eigenvalue weighted by molar-refractivity contribution is 0.669. The summed E-state index contributed by atoms with van der Waals surface area (Å²) in [6.45, 7) is 0.947. The Morgan fingerprint density at radius 3 is 3.00 bits per heavy atom. The molecule has 50 valence electrons. The van der Waals surface area contributed by atoms with Crippen molar-refractivity contribution in [2.45, 2.75) is 6.54 Å². The molecule has 0 saturated carbocycles. The van der Waals surface area contributed by atoms with E-state index in [0.717, 1.165) is 11.9 Å². The summed E-state index contributed by atoms with van der Waals surface area (Å²) in [6.07, 6.45) is 3.87. The Hall–Kier alpha value is 0.420. The van der Waals surface area contributed by atoms with Crippen LogP contribution < -0.4 is 0 Å². The monoisotopic (exact) mass is 300 g/mol. The second-order valence-corrected chi connectivity index (χ2v) is 3.65. The van der Waals surface area contributed by atoms with Gasteiger partial charge in [0.25, 0.3) is 0 Å². The molecule has 0 N–H and O–H groups in total. The Kier molecular flexibility index (Phi) is 2.97. The molecule has 0 saturated heterocycles. The van der Waals surface area contributed by atoms with E-state index in [4.69, 9.17) is 0 Å². The van der Waals surface area contributed by atoms with Gasteiger partial charge in [-0.2, -0.15) is 5.10 Å². The average Bonchev–Trinajstić information content (AvgIpc) is 2.17. The van der Waals surface area contributed by atoms with Crippen molar-refractivity contribution in [2.75, 3.05) is 5.33 Å². The molecule has 2 nitrogen and oxygen atoms in total. The minimum atomic E-state index is 0.947. The first kappa shape index (κ1) is 7.53. The van der Waals surface area contributed by atoms with Crippen molar-refractivity contribution in [3.8, 4) is 0 Å². The number of alkyl halides is 1. The van der Waals surface area contributed by atoms with Crippen LogP contribution in [0.5, 0.6) is 0 Å². The minimum absolute atomic E-state index is 0.947. The van der Waals surface area contributed by atoms with Gasteiger partial charge >= 0.3 is 0 Å². The molecule has 1 aromatic rings. The van der Waals surface area contributed by atoms with Gasteiger partial charge in [0.1, 0.15) is 0 Å². The Morgan fingerprint density at radius 2 is 2.56 bits per heavy atom. The third-order valence-corrected chi connectivity index (χ3v) is 1.83. The van der Waals surface area contributed by atoms with Crippen molar-refractivity contribution in [3.05, 3.63) is 16.0 Å². The predicted molar refractivity (Wildman–Crippen MR) is 48.7 cm³/mol. The van der Waals surface area contributed by atoms with E-state index in [1.165, 1.54) is 3.57 Å². The first-order valence-electron chi connectivity index (χ1n) is 2.57. The molecule has 0 unspecified atom stereocenters. The van der Waals surface area contributed by atoms with Crippen LogP contribution in [-0.4, -0.2) is 15.1 Å². The highest BCUT2D eigenvalue weighted by molar-refractivity contribution is 14.1. The second kappa shape index (κ2) is 3.55. The maximum atomic E-state index is 4.08. The summed E-state index contributed by atoms with van der Waals surface area (Å²) in [5.41, 5.74) is 0. The highest BCUT2D eigenvalue weighted by Crippen LogP contribution is 2.00. The largest absolute Gasteiger partial charge is 0.271 e. The first-order valence-corrected chi connectivity index (χ1v) is 4.77. The zero-order chi connectivity index (χ0) is 6.69. The van der Waals surface area contributed by atoms with Gasteiger partial charge in [-0.25, -0.2) is 0 Å². The Bertz CT molecular complexity index is 187. The number of nitrogens with zero attached hydrogens (tertiary/aromatic N) is 2. The number of hydrogen-bond donors (Lipinski definition) is 0. The fraction of sp³-hybridized carbons (Fsp3) is 0.400. The number of aryl methyl sites for hydroxylation is 1. The molecule has 1 heterocycles. The third-order valence-electron chi connectivity index (χ3n) is 0.915. The average molecular weight is 301 g/mol. The standard InChI is InChI=1S/C5H6BrIN2/c6-1-2-9-4-5(7)3-8-9/h3-4H,1-2H2. The number of rotatable bonds is 2. The van der Waals surface area contributed by atoms with Crippen LogP contribution in [0, 0.1) is 3.57 Å². The third kappa shape index (κ3) is 2.25. The number of hydrogen-bond acceptors (Lipinski definition) is 1. The molecular weight excluding hydrogens is 295 g/mol. The minimum Gasteiger partial charge on any atom is -0.271 e. The SMILES string of the molecule is BrCCn1cc(I)cn1. The Balaban J connectivity index is 2.61. The summed E-state index contributed by atoms with van der Waals surface area (Å²) in [6, 6.07) is 0. The van der Waals surface area contributed by atoms with Gasteiger partial charge in [-0.15, -0.1) is 0 Å². The van der Waals surface area contributed by atoms with Crippen molar-refractivity contribution >= 4 is 38.5 Å². The van der Waals surface area contributed by atoms with Gasteiger partial charge < -0.3 is 0 Å². The Morgan fingerprint density at radius 1 is 1.78 bits per heavy atom. The first-order chi connectivity index (χ1) is 4.33. The molecule has 0 aliphatic rings. The van der Waals surface area contributed by atoms with E-state index < -0.39 is 0 Å². The van der Waals surface area contributed by atoms with Crippen LogP contribution in [-0.2, 0) is 6.54 Å². The molecule has 0 atom stereocenters. The van der Waals surface area contributed by atoms with Crippen molar-refractivity contribution in [1.82, 2.24) is 9.78 Å². The van der Waals surface area contributed by atoms with Gasteiger partial charge in [-0.3, -0.25) is 4.68 Å². The van der Waals surface area contributed by atoms with Crippen LogP contribution in [0.2, 0.25) is 0 Å². The summed E-state index contributed by atoms with van der Waals surface area (Å²) in [5, 5.41) is 5.05. The number of halogens is 2. The molecule has 9 heavy (non-hydrogen) atoms. The van der Waals surface area contributed by atoms with Crippen LogP contribution in [0.1, 0.15) is 0 Å². The molecule has 4 heteroatoms. The molecule has 1 rings (SSSR count). The summed E-state index contributed by atoms with van der Waals surface area (Å²) in [4.78, 5) is 0. The van der Waals surface area contributed by atoms with Crippen molar-refractivity contribution in [1.29, 1.82) is 0 Å². The van der Waals surface area contributed by atoms with Crippen LogP contribution in [0.3, 0.4) is 0 Å². The van der Waals surface area contributed by atoms with Gasteiger partial charge in [-0.1, -0.05) is 15.9 Å². The van der Waals surface area contributed by atoms with Gasteiger partial charge in [0.05, 0.1) is 16.3 Å². The van der Waals surface area contributed by atoms with E-state index in [1.807, 2.05) is 17.1 Å². The summed E-state index contributed by atoms with van der Waals surface area (Å²) in [5.74, 6) is 0. The summed E-state index contributed by atoms with van der Waals surface area (Å²) >= 11 is 5.57. The highest BCUT2D eigenvalue weighted by Gasteiger charge is 1.90. The van der Waals surface area contributed by atoms with Crippen LogP contribution in [0.15, 0.2) is 12.4 Å². The Labute approximate surface area is 75.9 Å². The topological polar surface area (TPSA) is 17.8 Å². The van der Waals surface area contributed by atoms with Gasteiger partial charge in [0.15, 0.2) is 0 Å². The zero-order valence-corrected chi connectivity index (χ0v) is 8.46. The molecule has 0 fully saturated rings. The van der Waals surface area contributed by atoms with Crippen molar-refractivity contribution in [3.63, 3.8) is 0 Å². The fourth-order valence-electron chi connectivity index (χ4n) is 0.547. The normalized spacial score (nSPS) is 10.0. The lowest BCUT2D eigenvalue weighted by Crippen LogP contribution is -1.97. The predicted octanol–water partition coefficient (Wildman–Crippen LogP) is 1.88. The van der Waals surface area contributed by atoms with E-state index in [1.54, 1.807) is 0 Å². The maximum absolute atomic E-state index is 4.08. The van der Waals surface area contributed by atoms with Gasteiger partial charge in [0.2, 0.25) is 0 Å². The molecule has 0 aliphatic carbocycles. The van der Waals surface area contributed by atoms with E-state index in [-0.39, 0.29) is 0 Å². The molecule has 0 amide bonds. The lowest BCUT2D eigenvalue weighted by atomic mass is 10.7. The molecule has 0 radical (unpaired) electrons. The van der Waals surface area contributed by atoms with Crippen LogP contribution in [0.25, 0.3) is 0 Å². The smallest absolute Gasteiger partial charge is 0.0623 e. The van der Waals surface area contributed by atoms with Gasteiger partial charge in [-0.05, 0) is 22.6 Å². The molecule has 0 spiro atoms. The quantitative estimate of drug-likeness (QED) is 0.602. The molecule has 1 aromatic heterocycles. The van der Waals surface area contributed by atoms with Crippen LogP contribution in [0.4, 0.5) is 0 Å². The summed E-state index contributed by atoms with van der Waals surface area (Å²) < 4.78 is 3.10. The maximum Gasteiger partial charge on any atom is 0.0623 e. The van der Waals surface area contributed by atoms with Crippen molar-refractivity contribution in [2.24, 2.45) is 0 Å². The van der Waals surface area contributed by atoms with E-state index in [9.17, 15) is 0 Å². The molecule has 0 aromatic carbocycles. The van der Waals surface area contributed by atoms with Gasteiger partial charge in [0, 0.05) is 11.5 Å². The summed E-state index contributed by atoms with van der Waals surface area (Å²) in [7, 11) is 0. The molecule has 0 aliphatic heterocycles. The fourth-order valence-corrected chi connectivity index (χ4v) is 1.36. The molecular formula is C5H6BrIN2. The number of aromatic nitrogens is 2. The lowest BCUT2D eigenvalue weighted by Gasteiger charge is -1.92.